The maximum Gasteiger partial charge on any atom is 0.249 e. The first-order valence-electron chi connectivity index (χ1n) is 5.56. The molecule has 86 valence electrons. The third-order valence-electron chi connectivity index (χ3n) is 3.09. The van der Waals surface area contributed by atoms with Crippen LogP contribution < -0.4 is 5.73 Å². The van der Waals surface area contributed by atoms with E-state index in [0.29, 0.717) is 5.56 Å². The fraction of sp³-hybridized carbons (Fsp3) is 0.133. The van der Waals surface area contributed by atoms with Crippen molar-refractivity contribution in [2.75, 3.05) is 0 Å². The second kappa shape index (κ2) is 4.42. The molecule has 0 aliphatic heterocycles. The van der Waals surface area contributed by atoms with Crippen LogP contribution in [0, 0.1) is 13.8 Å². The first-order chi connectivity index (χ1) is 8.11. The van der Waals surface area contributed by atoms with E-state index >= 15 is 0 Å². The number of benzene rings is 2. The van der Waals surface area contributed by atoms with Crippen molar-refractivity contribution >= 4 is 5.91 Å². The van der Waals surface area contributed by atoms with Crippen molar-refractivity contribution in [2.45, 2.75) is 13.8 Å². The Bertz CT molecular complexity index is 573. The van der Waals surface area contributed by atoms with Gasteiger partial charge in [0, 0.05) is 5.56 Å². The van der Waals surface area contributed by atoms with Gasteiger partial charge in [0.1, 0.15) is 0 Å². The van der Waals surface area contributed by atoms with Crippen LogP contribution in [0.4, 0.5) is 0 Å². The fourth-order valence-corrected chi connectivity index (χ4v) is 1.98. The Hall–Kier alpha value is -2.09. The summed E-state index contributed by atoms with van der Waals surface area (Å²) in [6.07, 6.45) is 0. The van der Waals surface area contributed by atoms with Gasteiger partial charge in [-0.25, -0.2) is 0 Å². The number of rotatable bonds is 2. The highest BCUT2D eigenvalue weighted by atomic mass is 16.1. The fourth-order valence-electron chi connectivity index (χ4n) is 1.98. The van der Waals surface area contributed by atoms with E-state index in [-0.39, 0.29) is 5.91 Å². The van der Waals surface area contributed by atoms with Crippen LogP contribution in [-0.4, -0.2) is 5.91 Å². The molecule has 0 saturated carbocycles. The van der Waals surface area contributed by atoms with Gasteiger partial charge in [-0.3, -0.25) is 4.79 Å². The summed E-state index contributed by atoms with van der Waals surface area (Å²) in [5.74, 6) is -0.387. The Labute approximate surface area is 101 Å². The lowest BCUT2D eigenvalue weighted by Gasteiger charge is -2.11. The molecule has 2 N–H and O–H groups in total. The molecule has 0 unspecified atom stereocenters. The minimum atomic E-state index is -0.387. The van der Waals surface area contributed by atoms with Crippen LogP contribution in [-0.2, 0) is 0 Å². The second-order valence-corrected chi connectivity index (χ2v) is 4.16. The zero-order valence-electron chi connectivity index (χ0n) is 10.0. The van der Waals surface area contributed by atoms with E-state index in [1.807, 2.05) is 30.3 Å². The van der Waals surface area contributed by atoms with Gasteiger partial charge in [0.2, 0.25) is 5.91 Å². The van der Waals surface area contributed by atoms with Gasteiger partial charge in [0.25, 0.3) is 0 Å². The van der Waals surface area contributed by atoms with Gasteiger partial charge >= 0.3 is 0 Å². The van der Waals surface area contributed by atoms with Crippen LogP contribution in [0.15, 0.2) is 42.5 Å². The van der Waals surface area contributed by atoms with Gasteiger partial charge in [0.15, 0.2) is 0 Å². The first-order valence-corrected chi connectivity index (χ1v) is 5.56. The van der Waals surface area contributed by atoms with E-state index in [0.717, 1.165) is 11.1 Å². The molecule has 0 fully saturated rings. The maximum absolute atomic E-state index is 11.4. The molecule has 1 amide bonds. The van der Waals surface area contributed by atoms with Gasteiger partial charge in [-0.1, -0.05) is 36.4 Å². The quantitative estimate of drug-likeness (QED) is 0.838. The number of nitrogens with two attached hydrogens (primary N) is 1. The SMILES string of the molecule is Cc1cccc(-c2ccccc2C(N)=O)c1C. The van der Waals surface area contributed by atoms with E-state index in [9.17, 15) is 4.79 Å². The minimum absolute atomic E-state index is 0.387. The molecule has 0 heterocycles. The van der Waals surface area contributed by atoms with Crippen molar-refractivity contribution in [1.29, 1.82) is 0 Å². The summed E-state index contributed by atoms with van der Waals surface area (Å²) < 4.78 is 0. The van der Waals surface area contributed by atoms with Crippen LogP contribution in [0.1, 0.15) is 21.5 Å². The standard InChI is InChI=1S/C15H15NO/c1-10-6-5-9-12(11(10)2)13-7-3-4-8-14(13)15(16)17/h3-9H,1-2H3,(H2,16,17). The number of primary amides is 1. The van der Waals surface area contributed by atoms with Crippen molar-refractivity contribution in [2.24, 2.45) is 5.73 Å². The second-order valence-electron chi connectivity index (χ2n) is 4.16. The predicted octanol–water partition coefficient (Wildman–Crippen LogP) is 3.07. The molecule has 0 spiro atoms. The third-order valence-corrected chi connectivity index (χ3v) is 3.09. The number of carbonyl (C=O) groups excluding carboxylic acids is 1. The topological polar surface area (TPSA) is 43.1 Å². The lowest BCUT2D eigenvalue weighted by atomic mass is 9.93. The summed E-state index contributed by atoms with van der Waals surface area (Å²) in [7, 11) is 0. The summed E-state index contributed by atoms with van der Waals surface area (Å²) in [5.41, 5.74) is 10.3. The monoisotopic (exact) mass is 225 g/mol. The lowest BCUT2D eigenvalue weighted by molar-refractivity contribution is 0.100. The molecular weight excluding hydrogens is 210 g/mol. The van der Waals surface area contributed by atoms with Crippen molar-refractivity contribution in [3.05, 3.63) is 59.2 Å². The van der Waals surface area contributed by atoms with Crippen LogP contribution >= 0.6 is 0 Å². The Morgan fingerprint density at radius 3 is 2.29 bits per heavy atom. The molecule has 2 aromatic rings. The number of hydrogen-bond acceptors (Lipinski definition) is 1. The van der Waals surface area contributed by atoms with Crippen LogP contribution in [0.25, 0.3) is 11.1 Å². The van der Waals surface area contributed by atoms with Crippen LogP contribution in [0.3, 0.4) is 0 Å². The largest absolute Gasteiger partial charge is 0.366 e. The summed E-state index contributed by atoms with van der Waals surface area (Å²) in [6, 6.07) is 13.5. The van der Waals surface area contributed by atoms with E-state index in [1.165, 1.54) is 11.1 Å². The molecule has 2 heteroatoms. The average molecular weight is 225 g/mol. The molecule has 0 aliphatic rings. The summed E-state index contributed by atoms with van der Waals surface area (Å²) in [6.45, 7) is 4.12. The minimum Gasteiger partial charge on any atom is -0.366 e. The first kappa shape index (κ1) is 11.4. The van der Waals surface area contributed by atoms with Gasteiger partial charge in [-0.15, -0.1) is 0 Å². The van der Waals surface area contributed by atoms with E-state index < -0.39 is 0 Å². The highest BCUT2D eigenvalue weighted by Gasteiger charge is 2.11. The molecule has 0 radical (unpaired) electrons. The predicted molar refractivity (Wildman–Crippen MR) is 69.9 cm³/mol. The smallest absolute Gasteiger partial charge is 0.249 e. The third kappa shape index (κ3) is 2.07. The molecule has 0 saturated heterocycles. The van der Waals surface area contributed by atoms with Crippen molar-refractivity contribution in [3.8, 4) is 11.1 Å². The van der Waals surface area contributed by atoms with E-state index in [2.05, 4.69) is 19.9 Å². The van der Waals surface area contributed by atoms with Gasteiger partial charge in [-0.05, 0) is 42.2 Å². The highest BCUT2D eigenvalue weighted by molar-refractivity contribution is 6.00. The van der Waals surface area contributed by atoms with E-state index in [4.69, 9.17) is 5.73 Å². The highest BCUT2D eigenvalue weighted by Crippen LogP contribution is 2.28. The average Bonchev–Trinajstić information content (AvgIpc) is 2.33. The van der Waals surface area contributed by atoms with Crippen molar-refractivity contribution < 1.29 is 4.79 Å². The molecule has 2 nitrogen and oxygen atoms in total. The number of carbonyl (C=O) groups is 1. The lowest BCUT2D eigenvalue weighted by Crippen LogP contribution is -2.12. The van der Waals surface area contributed by atoms with Gasteiger partial charge < -0.3 is 5.73 Å². The number of amides is 1. The van der Waals surface area contributed by atoms with Gasteiger partial charge in [0.05, 0.1) is 0 Å². The normalized spacial score (nSPS) is 10.2. The summed E-state index contributed by atoms with van der Waals surface area (Å²) in [4.78, 5) is 11.4. The molecule has 17 heavy (non-hydrogen) atoms. The zero-order valence-corrected chi connectivity index (χ0v) is 10.0. The maximum atomic E-state index is 11.4. The Morgan fingerprint density at radius 2 is 1.59 bits per heavy atom. The Balaban J connectivity index is 2.69. The van der Waals surface area contributed by atoms with Crippen LogP contribution in [0.5, 0.6) is 0 Å². The molecule has 0 bridgehead atoms. The molecule has 0 aliphatic carbocycles. The van der Waals surface area contributed by atoms with Gasteiger partial charge in [-0.2, -0.15) is 0 Å². The summed E-state index contributed by atoms with van der Waals surface area (Å²) >= 11 is 0. The zero-order chi connectivity index (χ0) is 12.4. The molecule has 0 atom stereocenters. The van der Waals surface area contributed by atoms with E-state index in [1.54, 1.807) is 6.07 Å². The Kier molecular flexibility index (Phi) is 2.96. The number of aryl methyl sites for hydroxylation is 1. The Morgan fingerprint density at radius 1 is 0.941 bits per heavy atom. The number of hydrogen-bond donors (Lipinski definition) is 1. The van der Waals surface area contributed by atoms with Crippen molar-refractivity contribution in [3.63, 3.8) is 0 Å². The molecule has 0 aromatic heterocycles. The summed E-state index contributed by atoms with van der Waals surface area (Å²) in [5, 5.41) is 0. The molecule has 2 rings (SSSR count). The van der Waals surface area contributed by atoms with Crippen LogP contribution in [0.2, 0.25) is 0 Å². The molecular formula is C15H15NO. The molecule has 2 aromatic carbocycles. The van der Waals surface area contributed by atoms with Crippen molar-refractivity contribution in [1.82, 2.24) is 0 Å².